The van der Waals surface area contributed by atoms with Gasteiger partial charge in [-0.05, 0) is 48.7 Å². The lowest BCUT2D eigenvalue weighted by Gasteiger charge is -2.14. The van der Waals surface area contributed by atoms with E-state index in [1.807, 2.05) is 24.3 Å². The summed E-state index contributed by atoms with van der Waals surface area (Å²) >= 11 is 0. The average Bonchev–Trinajstić information content (AvgIpc) is 2.58. The van der Waals surface area contributed by atoms with E-state index in [-0.39, 0.29) is 0 Å². The number of aryl methyl sites for hydroxylation is 1. The fourth-order valence-electron chi connectivity index (χ4n) is 2.39. The van der Waals surface area contributed by atoms with Gasteiger partial charge in [-0.3, -0.25) is 0 Å². The molecule has 0 amide bonds. The average molecular weight is 315 g/mol. The van der Waals surface area contributed by atoms with Crippen molar-refractivity contribution in [2.75, 3.05) is 20.0 Å². The monoisotopic (exact) mass is 315 g/mol. The smallest absolute Gasteiger partial charge is 0.154 e. The van der Waals surface area contributed by atoms with Gasteiger partial charge in [0.25, 0.3) is 0 Å². The normalized spacial score (nSPS) is 10.4. The van der Waals surface area contributed by atoms with Gasteiger partial charge in [-0.15, -0.1) is 0 Å². The first-order valence-corrected chi connectivity index (χ1v) is 7.96. The van der Waals surface area contributed by atoms with Gasteiger partial charge in [-0.25, -0.2) is 0 Å². The molecule has 0 aromatic heterocycles. The highest BCUT2D eigenvalue weighted by Gasteiger charge is 2.10. The van der Waals surface area contributed by atoms with Crippen LogP contribution >= 0.6 is 0 Å². The van der Waals surface area contributed by atoms with Gasteiger partial charge in [0.05, 0.1) is 19.9 Å². The van der Waals surface area contributed by atoms with Crippen LogP contribution in [0.2, 0.25) is 0 Å². The number of methoxy groups -OCH3 is 2. The number of hydrogen-bond acceptors (Lipinski definition) is 4. The van der Waals surface area contributed by atoms with Crippen molar-refractivity contribution in [2.24, 2.45) is 0 Å². The van der Waals surface area contributed by atoms with Crippen LogP contribution in [-0.2, 0) is 6.42 Å². The lowest BCUT2D eigenvalue weighted by Crippen LogP contribution is -1.97. The number of ether oxygens (including phenoxy) is 3. The van der Waals surface area contributed by atoms with Gasteiger partial charge in [0.2, 0.25) is 0 Å². The van der Waals surface area contributed by atoms with E-state index in [9.17, 15) is 0 Å². The first kappa shape index (κ1) is 17.0. The van der Waals surface area contributed by atoms with Crippen LogP contribution < -0.4 is 19.9 Å². The molecule has 0 saturated carbocycles. The molecule has 0 unspecified atom stereocenters. The quantitative estimate of drug-likeness (QED) is 0.561. The zero-order chi connectivity index (χ0) is 16.7. The lowest BCUT2D eigenvalue weighted by atomic mass is 10.1. The van der Waals surface area contributed by atoms with Crippen molar-refractivity contribution in [1.29, 1.82) is 0 Å². The second-order valence-electron chi connectivity index (χ2n) is 5.44. The molecule has 0 fully saturated rings. The Kier molecular flexibility index (Phi) is 6.15. The van der Waals surface area contributed by atoms with Crippen molar-refractivity contribution in [3.63, 3.8) is 0 Å². The number of nitrogens with two attached hydrogens (primary N) is 1. The minimum absolute atomic E-state index is 0.584. The third-order valence-corrected chi connectivity index (χ3v) is 3.76. The molecular formula is C19H25NO3. The number of rotatable bonds is 8. The Balaban J connectivity index is 2.27. The van der Waals surface area contributed by atoms with Crippen LogP contribution in [0.1, 0.15) is 31.7 Å². The summed E-state index contributed by atoms with van der Waals surface area (Å²) in [5, 5.41) is 0. The van der Waals surface area contributed by atoms with Crippen LogP contribution in [0.15, 0.2) is 36.4 Å². The fraction of sp³-hybridized carbons (Fsp3) is 0.368. The maximum atomic E-state index is 6.05. The molecule has 2 rings (SSSR count). The summed E-state index contributed by atoms with van der Waals surface area (Å²) in [5.74, 6) is 2.96. The summed E-state index contributed by atoms with van der Waals surface area (Å²) in [5.41, 5.74) is 7.72. The van der Waals surface area contributed by atoms with E-state index in [2.05, 4.69) is 6.92 Å². The molecule has 0 radical (unpaired) electrons. The van der Waals surface area contributed by atoms with Crippen LogP contribution in [0.3, 0.4) is 0 Å². The Hall–Kier alpha value is -2.36. The molecule has 0 spiro atoms. The first-order chi connectivity index (χ1) is 11.2. The van der Waals surface area contributed by atoms with Crippen LogP contribution in [0.5, 0.6) is 23.0 Å². The van der Waals surface area contributed by atoms with E-state index in [1.54, 1.807) is 26.4 Å². The number of benzene rings is 2. The van der Waals surface area contributed by atoms with Gasteiger partial charge in [-0.1, -0.05) is 19.8 Å². The fourth-order valence-corrected chi connectivity index (χ4v) is 2.39. The van der Waals surface area contributed by atoms with E-state index in [0.29, 0.717) is 11.4 Å². The molecule has 0 aliphatic carbocycles. The third kappa shape index (κ3) is 4.55. The van der Waals surface area contributed by atoms with Gasteiger partial charge in [0.1, 0.15) is 17.2 Å². The standard InChI is InChI=1S/C19H25NO3/c1-4-5-6-7-14-12-15(21-2)9-11-18(14)23-19-13-16(22-3)8-10-17(19)20/h8-13H,4-7,20H2,1-3H3. The van der Waals surface area contributed by atoms with Crippen LogP contribution in [0.25, 0.3) is 0 Å². The lowest BCUT2D eigenvalue weighted by molar-refractivity contribution is 0.406. The number of unbranched alkanes of at least 4 members (excludes halogenated alkanes) is 2. The van der Waals surface area contributed by atoms with Crippen LogP contribution in [-0.4, -0.2) is 14.2 Å². The highest BCUT2D eigenvalue weighted by atomic mass is 16.5. The molecular weight excluding hydrogens is 290 g/mol. The van der Waals surface area contributed by atoms with Crippen LogP contribution in [0, 0.1) is 0 Å². The molecule has 4 nitrogen and oxygen atoms in total. The van der Waals surface area contributed by atoms with Crippen molar-refractivity contribution in [3.8, 4) is 23.0 Å². The highest BCUT2D eigenvalue weighted by molar-refractivity contribution is 5.57. The summed E-state index contributed by atoms with van der Waals surface area (Å²) in [6.07, 6.45) is 4.44. The van der Waals surface area contributed by atoms with E-state index in [1.165, 1.54) is 12.8 Å². The molecule has 124 valence electrons. The zero-order valence-corrected chi connectivity index (χ0v) is 14.1. The zero-order valence-electron chi connectivity index (χ0n) is 14.1. The van der Waals surface area contributed by atoms with Gasteiger partial charge in [0, 0.05) is 6.07 Å². The first-order valence-electron chi connectivity index (χ1n) is 7.96. The minimum Gasteiger partial charge on any atom is -0.497 e. The van der Waals surface area contributed by atoms with Crippen molar-refractivity contribution < 1.29 is 14.2 Å². The molecule has 0 saturated heterocycles. The predicted molar refractivity (Wildman–Crippen MR) is 93.7 cm³/mol. The SMILES string of the molecule is CCCCCc1cc(OC)ccc1Oc1cc(OC)ccc1N. The molecule has 2 aromatic carbocycles. The van der Waals surface area contributed by atoms with E-state index < -0.39 is 0 Å². The third-order valence-electron chi connectivity index (χ3n) is 3.76. The van der Waals surface area contributed by atoms with Crippen LogP contribution in [0.4, 0.5) is 5.69 Å². The molecule has 0 bridgehead atoms. The Labute approximate surface area is 138 Å². The van der Waals surface area contributed by atoms with Gasteiger partial charge < -0.3 is 19.9 Å². The van der Waals surface area contributed by atoms with E-state index >= 15 is 0 Å². The van der Waals surface area contributed by atoms with Crippen molar-refractivity contribution >= 4 is 5.69 Å². The second-order valence-corrected chi connectivity index (χ2v) is 5.44. The molecule has 0 aliphatic heterocycles. The second kappa shape index (κ2) is 8.32. The topological polar surface area (TPSA) is 53.7 Å². The number of anilines is 1. The molecule has 23 heavy (non-hydrogen) atoms. The Morgan fingerprint density at radius 1 is 0.870 bits per heavy atom. The molecule has 0 heterocycles. The van der Waals surface area contributed by atoms with Gasteiger partial charge in [-0.2, -0.15) is 0 Å². The largest absolute Gasteiger partial charge is 0.497 e. The summed E-state index contributed by atoms with van der Waals surface area (Å²) in [6, 6.07) is 11.3. The Bertz CT molecular complexity index is 641. The van der Waals surface area contributed by atoms with E-state index in [4.69, 9.17) is 19.9 Å². The Morgan fingerprint density at radius 3 is 2.26 bits per heavy atom. The van der Waals surface area contributed by atoms with Gasteiger partial charge >= 0.3 is 0 Å². The molecule has 2 N–H and O–H groups in total. The summed E-state index contributed by atoms with van der Waals surface area (Å²) in [7, 11) is 3.30. The van der Waals surface area contributed by atoms with Crippen molar-refractivity contribution in [3.05, 3.63) is 42.0 Å². The summed E-state index contributed by atoms with van der Waals surface area (Å²) < 4.78 is 16.6. The number of nitrogen functional groups attached to an aromatic ring is 1. The molecule has 0 aliphatic rings. The maximum Gasteiger partial charge on any atom is 0.154 e. The van der Waals surface area contributed by atoms with Crippen molar-refractivity contribution in [2.45, 2.75) is 32.6 Å². The summed E-state index contributed by atoms with van der Waals surface area (Å²) in [6.45, 7) is 2.19. The maximum absolute atomic E-state index is 6.05. The predicted octanol–water partition coefficient (Wildman–Crippen LogP) is 4.81. The van der Waals surface area contributed by atoms with Crippen molar-refractivity contribution in [1.82, 2.24) is 0 Å². The highest BCUT2D eigenvalue weighted by Crippen LogP contribution is 2.34. The molecule has 4 heteroatoms. The number of hydrogen-bond donors (Lipinski definition) is 1. The Morgan fingerprint density at radius 2 is 1.57 bits per heavy atom. The molecule has 2 aromatic rings. The summed E-state index contributed by atoms with van der Waals surface area (Å²) in [4.78, 5) is 0. The minimum atomic E-state index is 0.584. The van der Waals surface area contributed by atoms with Gasteiger partial charge in [0.15, 0.2) is 5.75 Å². The molecule has 0 atom stereocenters. The van der Waals surface area contributed by atoms with E-state index in [0.717, 1.165) is 35.7 Å².